The number of carbonyl (C=O) groups excluding carboxylic acids is 13. The van der Waals surface area contributed by atoms with E-state index in [4.69, 9.17) is 30.4 Å². The predicted octanol–water partition coefficient (Wildman–Crippen LogP) is -9.39. The molecule has 2 heterocycles. The molecular weight excluding hydrogens is 1440 g/mol. The number of carboxylic acids is 3. The Morgan fingerprint density at radius 1 is 0.583 bits per heavy atom. The summed E-state index contributed by atoms with van der Waals surface area (Å²) >= 11 is 0. The minimum Gasteiger partial charge on any atom is -0.481 e. The molecule has 108 heavy (non-hydrogen) atoms. The van der Waals surface area contributed by atoms with Crippen LogP contribution >= 0.6 is 0 Å². The first-order valence-electron chi connectivity index (χ1n) is 35.0. The minimum absolute atomic E-state index is 0.0292. The molecule has 2 aliphatic rings. The van der Waals surface area contributed by atoms with Crippen LogP contribution < -0.4 is 75.3 Å². The van der Waals surface area contributed by atoms with E-state index in [9.17, 15) is 123 Å². The Kier molecular flexibility index (Phi) is 39.2. The molecule has 25 N–H and O–H groups in total. The fourth-order valence-electron chi connectivity index (χ4n) is 11.0. The highest BCUT2D eigenvalue weighted by Gasteiger charge is 2.57. The highest BCUT2D eigenvalue weighted by atomic mass is 16.7. The molecule has 0 spiro atoms. The molecule has 614 valence electrons. The standard InChI is InChI=1S/C65H110N14O29/c1-14-28(8)46(61(100)78-45(27(6)7)62(101)102)79-55(94)29(9)69-43(86)21-68-57(96)35(15-16-42(67)85)74-60(99)38(77-59(98)37(19-44(87)88)76-58(97)36(18-26(4)5)75-54(93)31(11)70-53(92)30(10)71-56(95)34(66)17-25(2)3)23-105-63-48(73-33(13)82)51(91)50(90)41(107-63)24-106-65(64(103)104)20-39(83)47(72-32(12)81)52(108-65)49(89)40(84)22-80/h25-31,34-41,45-52,63,80,83-84,89-91H,14-24,66H2,1-13H3,(H2,67,85)(H,68,96)(H,69,86)(H,70,92)(H,71,95)(H,72,81)(H,73,82)(H,74,99)(H,75,93)(H,76,97)(H,77,98)(H,78,100)(H,79,94)(H,87,88)(H,101,102)(H,103,104)/t28-,29-,30-,31-,34-,35-,36-,37-,38-,39-,40+,41+,45-,46-,47+,48+,49+,50-,51+,52+,63-,65+/m0/s1. The van der Waals surface area contributed by atoms with Crippen molar-refractivity contribution in [3.8, 4) is 0 Å². The van der Waals surface area contributed by atoms with Crippen molar-refractivity contribution >= 4 is 94.7 Å². The lowest BCUT2D eigenvalue weighted by Crippen LogP contribution is -2.69. The Balaban J connectivity index is 2.74. The average Bonchev–Trinajstić information content (AvgIpc) is 0.765. The third kappa shape index (κ3) is 30.3. The number of hydrogen-bond acceptors (Lipinski definition) is 27. The van der Waals surface area contributed by atoms with Crippen LogP contribution in [0.1, 0.15) is 135 Å². The zero-order chi connectivity index (χ0) is 82.7. The number of aliphatic hydroxyl groups excluding tert-OH is 6. The van der Waals surface area contributed by atoms with Gasteiger partial charge in [0, 0.05) is 26.7 Å². The Morgan fingerprint density at radius 2 is 1.08 bits per heavy atom. The molecule has 0 unspecified atom stereocenters. The Bertz CT molecular complexity index is 3150. The first-order valence-corrected chi connectivity index (χ1v) is 35.0. The quantitative estimate of drug-likeness (QED) is 0.0269. The second-order valence-corrected chi connectivity index (χ2v) is 27.9. The van der Waals surface area contributed by atoms with Crippen LogP contribution in [0.3, 0.4) is 0 Å². The predicted molar refractivity (Wildman–Crippen MR) is 370 cm³/mol. The largest absolute Gasteiger partial charge is 0.481 e. The number of carbonyl (C=O) groups is 16. The first-order chi connectivity index (χ1) is 50.1. The van der Waals surface area contributed by atoms with Gasteiger partial charge >= 0.3 is 17.9 Å². The summed E-state index contributed by atoms with van der Waals surface area (Å²) in [6.07, 6.45) is -20.5. The van der Waals surface area contributed by atoms with Crippen LogP contribution in [0.4, 0.5) is 0 Å². The van der Waals surface area contributed by atoms with Crippen LogP contribution in [-0.2, 0) is 95.7 Å². The molecule has 22 atom stereocenters. The van der Waals surface area contributed by atoms with Crippen LogP contribution in [0.5, 0.6) is 0 Å². The molecule has 2 saturated heterocycles. The average molecular weight is 1550 g/mol. The molecule has 0 aromatic heterocycles. The number of amides is 13. The van der Waals surface area contributed by atoms with Crippen LogP contribution in [0.2, 0.25) is 0 Å². The van der Waals surface area contributed by atoms with Crippen molar-refractivity contribution < 1.29 is 142 Å². The number of ether oxygens (including phenoxy) is 4. The van der Waals surface area contributed by atoms with Gasteiger partial charge in [0.15, 0.2) is 6.29 Å². The van der Waals surface area contributed by atoms with Gasteiger partial charge in [0.1, 0.15) is 97.0 Å². The molecule has 0 aromatic carbocycles. The maximum Gasteiger partial charge on any atom is 0.364 e. The van der Waals surface area contributed by atoms with Gasteiger partial charge in [0.25, 0.3) is 5.79 Å². The topological polar surface area (TPSA) is 689 Å². The molecule has 2 aliphatic heterocycles. The monoisotopic (exact) mass is 1550 g/mol. The van der Waals surface area contributed by atoms with Gasteiger partial charge in [-0.3, -0.25) is 67.1 Å². The molecule has 43 nitrogen and oxygen atoms in total. The summed E-state index contributed by atoms with van der Waals surface area (Å²) in [4.78, 5) is 212. The maximum absolute atomic E-state index is 14.8. The lowest BCUT2D eigenvalue weighted by Gasteiger charge is -2.47. The van der Waals surface area contributed by atoms with Gasteiger partial charge in [-0.1, -0.05) is 61.8 Å². The summed E-state index contributed by atoms with van der Waals surface area (Å²) < 4.78 is 23.1. The van der Waals surface area contributed by atoms with E-state index in [2.05, 4.69) is 63.8 Å². The summed E-state index contributed by atoms with van der Waals surface area (Å²) in [6, 6.07) is -19.4. The van der Waals surface area contributed by atoms with Gasteiger partial charge < -0.3 is 140 Å². The van der Waals surface area contributed by atoms with Crippen LogP contribution in [0, 0.1) is 23.7 Å². The number of aliphatic hydroxyl groups is 6. The molecule has 2 rings (SSSR count). The summed E-state index contributed by atoms with van der Waals surface area (Å²) in [6.45, 7) is 14.2. The van der Waals surface area contributed by atoms with Crippen molar-refractivity contribution in [2.24, 2.45) is 35.1 Å². The van der Waals surface area contributed by atoms with Crippen molar-refractivity contribution in [1.29, 1.82) is 0 Å². The number of hydrogen-bond donors (Lipinski definition) is 23. The van der Waals surface area contributed by atoms with Gasteiger partial charge in [-0.25, -0.2) is 9.59 Å². The molecule has 43 heteroatoms. The fraction of sp³-hybridized carbons (Fsp3) is 0.754. The lowest BCUT2D eigenvalue weighted by atomic mass is 9.88. The van der Waals surface area contributed by atoms with Crippen molar-refractivity contribution in [2.45, 2.75) is 262 Å². The van der Waals surface area contributed by atoms with E-state index < -0.39 is 292 Å². The van der Waals surface area contributed by atoms with E-state index in [-0.39, 0.29) is 18.8 Å². The summed E-state index contributed by atoms with van der Waals surface area (Å²) in [5, 5.41) is 123. The van der Waals surface area contributed by atoms with E-state index in [0.29, 0.717) is 6.42 Å². The number of primary amides is 1. The molecule has 2 fully saturated rings. The number of nitrogens with one attached hydrogen (secondary N) is 12. The number of rotatable bonds is 45. The van der Waals surface area contributed by atoms with E-state index >= 15 is 0 Å². The minimum atomic E-state index is -3.10. The third-order valence-electron chi connectivity index (χ3n) is 17.2. The van der Waals surface area contributed by atoms with Crippen molar-refractivity contribution in [1.82, 2.24) is 63.8 Å². The third-order valence-corrected chi connectivity index (χ3v) is 17.2. The van der Waals surface area contributed by atoms with E-state index in [1.54, 1.807) is 41.5 Å². The maximum atomic E-state index is 14.8. The summed E-state index contributed by atoms with van der Waals surface area (Å²) in [5.74, 6) is -23.6. The Hall–Kier alpha value is -8.92. The fourth-order valence-corrected chi connectivity index (χ4v) is 11.0. The van der Waals surface area contributed by atoms with Crippen molar-refractivity contribution in [3.05, 3.63) is 0 Å². The van der Waals surface area contributed by atoms with E-state index in [0.717, 1.165) is 13.8 Å². The van der Waals surface area contributed by atoms with Gasteiger partial charge in [0.05, 0.1) is 51.0 Å². The Morgan fingerprint density at radius 3 is 1.60 bits per heavy atom. The lowest BCUT2D eigenvalue weighted by molar-refractivity contribution is -0.330. The number of aliphatic carboxylic acids is 3. The zero-order valence-corrected chi connectivity index (χ0v) is 62.5. The van der Waals surface area contributed by atoms with Crippen LogP contribution in [0.15, 0.2) is 0 Å². The molecule has 13 amide bonds. The van der Waals surface area contributed by atoms with Crippen LogP contribution in [-0.4, -0.2) is 294 Å². The van der Waals surface area contributed by atoms with Crippen molar-refractivity contribution in [3.63, 3.8) is 0 Å². The van der Waals surface area contributed by atoms with E-state index in [1.165, 1.54) is 20.8 Å². The van der Waals surface area contributed by atoms with Gasteiger partial charge in [0.2, 0.25) is 76.8 Å². The second kappa shape index (κ2) is 44.5. The van der Waals surface area contributed by atoms with Gasteiger partial charge in [-0.05, 0) is 63.7 Å². The Labute approximate surface area is 622 Å². The zero-order valence-electron chi connectivity index (χ0n) is 62.5. The molecule has 0 aliphatic carbocycles. The molecule has 0 saturated carbocycles. The number of carboxylic acid groups (broad SMARTS) is 3. The first kappa shape index (κ1) is 95.2. The second-order valence-electron chi connectivity index (χ2n) is 27.9. The number of nitrogens with two attached hydrogens (primary N) is 2. The highest BCUT2D eigenvalue weighted by Crippen LogP contribution is 2.35. The molecule has 0 aromatic rings. The summed E-state index contributed by atoms with van der Waals surface area (Å²) in [7, 11) is 0. The SMILES string of the molecule is CC[C@H](C)[C@H](NC(=O)[C@H](C)NC(=O)CNC(=O)[C@H](CCC(N)=O)NC(=O)[C@H](CO[C@H]1O[C@H](CO[C@]2(C(=O)O)C[C@H](O)[C@@H](NC(C)=O)[C@H]([C@H](O)[C@H](O)CO)O2)[C@H](O)[C@H](O)[C@H]1NC(C)=O)NC(=O)[C@H](CC(=O)O)NC(=O)[C@H](CC(C)C)NC(=O)[C@H](C)NC(=O)[C@H](C)NC(=O)[C@@H](N)CC(C)C)C(=O)N[C@H](C(=O)O)C(C)C. The molecule has 0 bridgehead atoms. The van der Waals surface area contributed by atoms with Crippen molar-refractivity contribution in [2.75, 3.05) is 26.4 Å². The van der Waals surface area contributed by atoms with Crippen LogP contribution in [0.25, 0.3) is 0 Å². The highest BCUT2D eigenvalue weighted by molar-refractivity contribution is 5.99. The summed E-state index contributed by atoms with van der Waals surface area (Å²) in [5.41, 5.74) is 11.4. The normalized spacial score (nSPS) is 23.5. The molecular formula is C65H110N14O29. The van der Waals surface area contributed by atoms with E-state index in [1.807, 2.05) is 13.8 Å². The van der Waals surface area contributed by atoms with Gasteiger partial charge in [-0.2, -0.15) is 0 Å². The van der Waals surface area contributed by atoms with Gasteiger partial charge in [-0.15, -0.1) is 0 Å². The molecule has 0 radical (unpaired) electrons. The smallest absolute Gasteiger partial charge is 0.364 e.